The number of benzene rings is 1. The Balaban J connectivity index is 0.000000561. The molecule has 1 nitrogen and oxygen atoms in total. The summed E-state index contributed by atoms with van der Waals surface area (Å²) in [4.78, 5) is 0. The van der Waals surface area contributed by atoms with Crippen LogP contribution in [0.5, 0.6) is 5.75 Å². The summed E-state index contributed by atoms with van der Waals surface area (Å²) in [6.45, 7) is 4.73. The second-order valence-corrected chi connectivity index (χ2v) is 2.12. The zero-order valence-electron chi connectivity index (χ0n) is 7.43. The summed E-state index contributed by atoms with van der Waals surface area (Å²) in [6.07, 6.45) is 0. The molecule has 1 rings (SSSR count). The van der Waals surface area contributed by atoms with Crippen LogP contribution in [-0.2, 0) is 16.3 Å². The molecule has 3 heteroatoms. The standard InChI is InChI=1S/C9H11O.BrH.Zn/c1-3-10-9-7-5-4-6-8(9)2;;/h4,6-7H,3H2,1-2H3;1H;/q-1;;+2/p-1. The summed E-state index contributed by atoms with van der Waals surface area (Å²) in [5.74, 6) is 0.935. The molecule has 1 aromatic rings. The van der Waals surface area contributed by atoms with E-state index in [4.69, 9.17) is 4.74 Å². The van der Waals surface area contributed by atoms with Gasteiger partial charge in [-0.05, 0) is 6.92 Å². The van der Waals surface area contributed by atoms with E-state index in [1.54, 1.807) is 0 Å². The summed E-state index contributed by atoms with van der Waals surface area (Å²) < 4.78 is 5.31. The molecule has 12 heavy (non-hydrogen) atoms. The molecule has 0 saturated carbocycles. The van der Waals surface area contributed by atoms with E-state index < -0.39 is 0 Å². The Labute approximate surface area is 90.5 Å². The van der Waals surface area contributed by atoms with E-state index in [0.29, 0.717) is 0 Å². The zero-order valence-corrected chi connectivity index (χ0v) is 12.0. The molecule has 0 bridgehead atoms. The molecule has 62 valence electrons. The molecule has 0 atom stereocenters. The van der Waals surface area contributed by atoms with Crippen LogP contribution in [0.1, 0.15) is 12.5 Å². The molecule has 0 heterocycles. The van der Waals surface area contributed by atoms with Crippen LogP contribution in [-0.4, -0.2) is 6.61 Å². The molecule has 0 fully saturated rings. The van der Waals surface area contributed by atoms with E-state index in [-0.39, 0.29) is 0 Å². The van der Waals surface area contributed by atoms with Crippen LogP contribution < -0.4 is 4.74 Å². The molecule has 0 aliphatic heterocycles. The second kappa shape index (κ2) is 7.76. The van der Waals surface area contributed by atoms with Gasteiger partial charge in [-0.3, -0.25) is 0 Å². The fraction of sp³-hybridized carbons (Fsp3) is 0.333. The normalized spacial score (nSPS) is 8.42. The van der Waals surface area contributed by atoms with Crippen LogP contribution in [0.15, 0.2) is 18.2 Å². The van der Waals surface area contributed by atoms with E-state index in [1.807, 2.05) is 32.0 Å². The Morgan fingerprint density at radius 3 is 2.75 bits per heavy atom. The summed E-state index contributed by atoms with van der Waals surface area (Å²) in [5, 5.41) is 0. The van der Waals surface area contributed by atoms with Crippen LogP contribution in [0, 0.1) is 13.0 Å². The van der Waals surface area contributed by atoms with E-state index in [1.165, 1.54) is 21.9 Å². The van der Waals surface area contributed by atoms with Crippen molar-refractivity contribution in [2.75, 3.05) is 6.61 Å². The summed E-state index contributed by atoms with van der Waals surface area (Å²) >= 11 is 4.25. The van der Waals surface area contributed by atoms with Crippen LogP contribution in [0.3, 0.4) is 0 Å². The number of ether oxygens (including phenoxy) is 1. The molecule has 0 radical (unpaired) electrons. The molecular weight excluding hydrogens is 269 g/mol. The minimum atomic E-state index is 0.721. The van der Waals surface area contributed by atoms with Crippen molar-refractivity contribution in [2.45, 2.75) is 13.8 Å². The molecular formula is C9H11BrOZn. The van der Waals surface area contributed by atoms with Crippen LogP contribution in [0.4, 0.5) is 0 Å². The van der Waals surface area contributed by atoms with Gasteiger partial charge in [-0.2, -0.15) is 18.2 Å². The van der Waals surface area contributed by atoms with Gasteiger partial charge in [-0.15, -0.1) is 11.6 Å². The fourth-order valence-electron chi connectivity index (χ4n) is 0.804. The van der Waals surface area contributed by atoms with Gasteiger partial charge in [0.2, 0.25) is 0 Å². The third kappa shape index (κ3) is 4.22. The fourth-order valence-corrected chi connectivity index (χ4v) is 0.804. The molecule has 0 amide bonds. The minimum absolute atomic E-state index is 0.721. The van der Waals surface area contributed by atoms with Crippen LogP contribution >= 0.6 is 13.6 Å². The Morgan fingerprint density at radius 2 is 2.25 bits per heavy atom. The first kappa shape index (κ1) is 12.1. The first-order valence-electron chi connectivity index (χ1n) is 3.71. The van der Waals surface area contributed by atoms with Gasteiger partial charge < -0.3 is 4.74 Å². The van der Waals surface area contributed by atoms with Gasteiger partial charge in [-0.25, -0.2) is 0 Å². The van der Waals surface area contributed by atoms with Gasteiger partial charge in [-0.1, -0.05) is 6.92 Å². The molecule has 0 spiro atoms. The topological polar surface area (TPSA) is 9.23 Å². The molecule has 0 aliphatic carbocycles. The van der Waals surface area contributed by atoms with Crippen molar-refractivity contribution in [3.05, 3.63) is 29.8 Å². The van der Waals surface area contributed by atoms with Crippen LogP contribution in [0.2, 0.25) is 0 Å². The van der Waals surface area contributed by atoms with Gasteiger partial charge >= 0.3 is 30.0 Å². The molecule has 1 aromatic carbocycles. The summed E-state index contributed by atoms with van der Waals surface area (Å²) in [6, 6.07) is 8.70. The number of hydrogen-bond acceptors (Lipinski definition) is 1. The Hall–Kier alpha value is 0.123. The molecule has 0 aromatic heterocycles. The number of rotatable bonds is 2. The quantitative estimate of drug-likeness (QED) is 0.598. The third-order valence-electron chi connectivity index (χ3n) is 1.33. The van der Waals surface area contributed by atoms with E-state index in [9.17, 15) is 0 Å². The molecule has 0 aliphatic rings. The number of aryl methyl sites for hydroxylation is 1. The zero-order chi connectivity index (χ0) is 9.40. The van der Waals surface area contributed by atoms with Crippen molar-refractivity contribution < 1.29 is 21.1 Å². The van der Waals surface area contributed by atoms with Crippen molar-refractivity contribution in [1.82, 2.24) is 0 Å². The van der Waals surface area contributed by atoms with Gasteiger partial charge in [0.05, 0.1) is 6.61 Å². The van der Waals surface area contributed by atoms with Crippen molar-refractivity contribution in [3.63, 3.8) is 0 Å². The number of halogens is 1. The first-order chi connectivity index (χ1) is 5.84. The second-order valence-electron chi connectivity index (χ2n) is 2.12. The van der Waals surface area contributed by atoms with Gasteiger partial charge in [0, 0.05) is 5.75 Å². The first-order valence-corrected chi connectivity index (χ1v) is 10.7. The van der Waals surface area contributed by atoms with E-state index in [0.717, 1.165) is 12.4 Å². The average Bonchev–Trinajstić information content (AvgIpc) is 2.13. The van der Waals surface area contributed by atoms with Crippen molar-refractivity contribution in [1.29, 1.82) is 0 Å². The van der Waals surface area contributed by atoms with Crippen molar-refractivity contribution in [3.8, 4) is 5.75 Å². The third-order valence-corrected chi connectivity index (χ3v) is 1.33. The van der Waals surface area contributed by atoms with E-state index >= 15 is 0 Å². The summed E-state index contributed by atoms with van der Waals surface area (Å²) in [5.41, 5.74) is 1.17. The van der Waals surface area contributed by atoms with Gasteiger partial charge in [0.1, 0.15) is 0 Å². The SMILES string of the molecule is CCOc1c[c-]ccc1C.[Zn+][Br]. The Bertz CT molecular complexity index is 215. The van der Waals surface area contributed by atoms with E-state index in [2.05, 4.69) is 19.7 Å². The molecule has 0 saturated heterocycles. The van der Waals surface area contributed by atoms with Crippen molar-refractivity contribution in [2.24, 2.45) is 0 Å². The van der Waals surface area contributed by atoms with Crippen molar-refractivity contribution >= 4 is 13.6 Å². The predicted molar refractivity (Wildman–Crippen MR) is 50.1 cm³/mol. The Morgan fingerprint density at radius 1 is 1.58 bits per heavy atom. The maximum atomic E-state index is 5.31. The van der Waals surface area contributed by atoms with Gasteiger partial charge in [0.15, 0.2) is 0 Å². The van der Waals surface area contributed by atoms with Gasteiger partial charge in [0.25, 0.3) is 0 Å². The van der Waals surface area contributed by atoms with Crippen LogP contribution in [0.25, 0.3) is 0 Å². The monoisotopic (exact) mass is 278 g/mol. The Kier molecular flexibility index (Phi) is 7.84. The predicted octanol–water partition coefficient (Wildman–Crippen LogP) is 3.04. The average molecular weight is 280 g/mol. The summed E-state index contributed by atoms with van der Waals surface area (Å²) in [7, 11) is 0. The molecule has 0 N–H and O–H groups in total. The molecule has 0 unspecified atom stereocenters. The number of hydrogen-bond donors (Lipinski definition) is 0. The maximum absolute atomic E-state index is 5.31.